The number of aromatic amines is 1. The fraction of sp³-hybridized carbons (Fsp3) is 0.0741. The Morgan fingerprint density at radius 1 is 1.03 bits per heavy atom. The molecule has 2 N–H and O–H groups in total. The number of anilines is 1. The molecule has 1 aliphatic rings. The van der Waals surface area contributed by atoms with Crippen LogP contribution in [0, 0.1) is 17.7 Å². The molecule has 1 amide bonds. The quantitative estimate of drug-likeness (QED) is 0.332. The van der Waals surface area contributed by atoms with Crippen LogP contribution in [0.1, 0.15) is 44.9 Å². The molecular weight excluding hydrogens is 445 g/mol. The average Bonchev–Trinajstić information content (AvgIpc) is 3.52. The van der Waals surface area contributed by atoms with E-state index in [-0.39, 0.29) is 29.7 Å². The van der Waals surface area contributed by atoms with Crippen LogP contribution in [0.4, 0.5) is 10.3 Å². The van der Waals surface area contributed by atoms with Crippen molar-refractivity contribution >= 4 is 34.4 Å². The minimum atomic E-state index is -0.488. The number of H-pyrrole nitrogens is 1. The third kappa shape index (κ3) is 5.04. The molecule has 2 aromatic heterocycles. The van der Waals surface area contributed by atoms with Crippen LogP contribution >= 0.6 is 0 Å². The van der Waals surface area contributed by atoms with E-state index in [4.69, 9.17) is 0 Å². The summed E-state index contributed by atoms with van der Waals surface area (Å²) < 4.78 is 13.3. The fourth-order valence-corrected chi connectivity index (χ4v) is 3.62. The summed E-state index contributed by atoms with van der Waals surface area (Å²) in [5.41, 5.74) is 3.38. The Hall–Kier alpha value is -4.90. The van der Waals surface area contributed by atoms with Crippen molar-refractivity contribution in [3.8, 4) is 11.8 Å². The molecule has 0 saturated heterocycles. The summed E-state index contributed by atoms with van der Waals surface area (Å²) in [6.45, 7) is 0. The first-order valence-electron chi connectivity index (χ1n) is 10.8. The van der Waals surface area contributed by atoms with Gasteiger partial charge in [-0.15, -0.1) is 0 Å². The molecule has 7 nitrogen and oxygen atoms in total. The first-order chi connectivity index (χ1) is 17.0. The summed E-state index contributed by atoms with van der Waals surface area (Å²) >= 11 is 0. The van der Waals surface area contributed by atoms with Crippen LogP contribution in [-0.4, -0.2) is 32.4 Å². The molecule has 0 spiro atoms. The van der Waals surface area contributed by atoms with Crippen LogP contribution in [-0.2, 0) is 0 Å². The van der Waals surface area contributed by atoms with Crippen molar-refractivity contribution < 1.29 is 14.0 Å². The van der Waals surface area contributed by atoms with E-state index in [0.29, 0.717) is 34.3 Å². The van der Waals surface area contributed by atoms with Gasteiger partial charge in [0.15, 0.2) is 5.78 Å². The number of aliphatic imine (C=N–C) groups is 1. The Labute approximate surface area is 199 Å². The second kappa shape index (κ2) is 9.53. The number of ketones is 1. The Balaban J connectivity index is 1.34. The minimum Gasteiger partial charge on any atom is -0.324 e. The van der Waals surface area contributed by atoms with Gasteiger partial charge in [-0.2, -0.15) is 0 Å². The number of nitrogens with one attached hydrogen (secondary N) is 2. The zero-order chi connectivity index (χ0) is 24.2. The number of Topliss-reactive ketones (excluding diaryl/α,β-unsaturated/α-hetero) is 1. The van der Waals surface area contributed by atoms with Gasteiger partial charge in [0, 0.05) is 35.9 Å². The number of halogens is 1. The number of rotatable bonds is 5. The van der Waals surface area contributed by atoms with Gasteiger partial charge in [0.2, 0.25) is 5.95 Å². The number of carbonyl (C=O) groups excluding carboxylic acids is 2. The average molecular weight is 463 g/mol. The molecule has 0 atom stereocenters. The zero-order valence-corrected chi connectivity index (χ0v) is 18.4. The number of carbonyl (C=O) groups is 2. The van der Waals surface area contributed by atoms with E-state index in [1.54, 1.807) is 54.7 Å². The van der Waals surface area contributed by atoms with E-state index in [9.17, 15) is 14.0 Å². The molecule has 5 rings (SSSR count). The number of aromatic nitrogens is 3. The first kappa shape index (κ1) is 21.9. The maximum Gasteiger partial charge on any atom is 0.276 e. The first-order valence-corrected chi connectivity index (χ1v) is 10.8. The molecule has 35 heavy (non-hydrogen) atoms. The highest BCUT2D eigenvalue weighted by atomic mass is 19.1. The van der Waals surface area contributed by atoms with E-state index >= 15 is 0 Å². The number of para-hydroxylation sites is 1. The normalized spacial score (nSPS) is 12.2. The van der Waals surface area contributed by atoms with Crippen molar-refractivity contribution in [1.29, 1.82) is 0 Å². The van der Waals surface area contributed by atoms with E-state index in [2.05, 4.69) is 37.1 Å². The van der Waals surface area contributed by atoms with Crippen molar-refractivity contribution in [2.45, 2.75) is 12.8 Å². The highest BCUT2D eigenvalue weighted by molar-refractivity contribution is 6.15. The van der Waals surface area contributed by atoms with E-state index < -0.39 is 5.91 Å². The molecule has 3 heterocycles. The van der Waals surface area contributed by atoms with Gasteiger partial charge in [-0.1, -0.05) is 30.2 Å². The number of hydrogen-bond acceptors (Lipinski definition) is 5. The second-order valence-electron chi connectivity index (χ2n) is 7.79. The Bertz CT molecular complexity index is 1590. The van der Waals surface area contributed by atoms with Crippen molar-refractivity contribution in [2.24, 2.45) is 4.99 Å². The standard InChI is InChI=1S/C27H18FN5O2/c28-18-6-1-5-17(15-18)12-13-19-7-2-11-23(30-19)26(35)33-27-31-22-10-3-9-21(25(22)32-27)24(34)16-20-8-4-14-29-20/h1-7,9-11,14-15H,8,16H2,(H2,31,32,33,35). The number of fused-ring (bicyclic) bond motifs is 1. The van der Waals surface area contributed by atoms with Crippen molar-refractivity contribution in [3.05, 3.63) is 101 Å². The van der Waals surface area contributed by atoms with Gasteiger partial charge in [0.05, 0.1) is 5.52 Å². The third-order valence-corrected chi connectivity index (χ3v) is 5.27. The molecule has 2 aromatic carbocycles. The van der Waals surface area contributed by atoms with E-state index in [0.717, 1.165) is 5.71 Å². The summed E-state index contributed by atoms with van der Waals surface area (Å²) in [6, 6.07) is 16.0. The Morgan fingerprint density at radius 3 is 2.71 bits per heavy atom. The molecule has 0 unspecified atom stereocenters. The molecule has 1 aliphatic heterocycles. The number of hydrogen-bond donors (Lipinski definition) is 2. The lowest BCUT2D eigenvalue weighted by atomic mass is 10.0. The van der Waals surface area contributed by atoms with Gasteiger partial charge in [-0.25, -0.2) is 14.4 Å². The number of benzene rings is 2. The smallest absolute Gasteiger partial charge is 0.276 e. The SMILES string of the molecule is O=C(Nc1nc2c(C(=O)CC3=NC=CC3)cccc2[nH]1)c1cccc(C#Cc2cccc(F)c2)n1. The van der Waals surface area contributed by atoms with Crippen LogP contribution in [0.2, 0.25) is 0 Å². The molecule has 0 saturated carbocycles. The molecule has 8 heteroatoms. The van der Waals surface area contributed by atoms with Crippen LogP contribution in [0.3, 0.4) is 0 Å². The van der Waals surface area contributed by atoms with E-state index in [1.807, 2.05) is 6.08 Å². The largest absolute Gasteiger partial charge is 0.324 e. The van der Waals surface area contributed by atoms with Gasteiger partial charge < -0.3 is 4.98 Å². The fourth-order valence-electron chi connectivity index (χ4n) is 3.62. The highest BCUT2D eigenvalue weighted by Gasteiger charge is 2.17. The Morgan fingerprint density at radius 2 is 1.89 bits per heavy atom. The zero-order valence-electron chi connectivity index (χ0n) is 18.4. The second-order valence-corrected chi connectivity index (χ2v) is 7.79. The molecule has 0 radical (unpaired) electrons. The molecule has 170 valence electrons. The van der Waals surface area contributed by atoms with Gasteiger partial charge in [0.25, 0.3) is 5.91 Å². The lowest BCUT2D eigenvalue weighted by Crippen LogP contribution is -2.15. The predicted octanol–water partition coefficient (Wildman–Crippen LogP) is 4.68. The van der Waals surface area contributed by atoms with Crippen LogP contribution in [0.5, 0.6) is 0 Å². The Kier molecular flexibility index (Phi) is 5.97. The summed E-state index contributed by atoms with van der Waals surface area (Å²) in [7, 11) is 0. The van der Waals surface area contributed by atoms with Crippen LogP contribution in [0.25, 0.3) is 11.0 Å². The van der Waals surface area contributed by atoms with Gasteiger partial charge >= 0.3 is 0 Å². The number of imidazole rings is 1. The topological polar surface area (TPSA) is 100 Å². The van der Waals surface area contributed by atoms with Gasteiger partial charge in [-0.3, -0.25) is 19.9 Å². The van der Waals surface area contributed by atoms with Crippen LogP contribution < -0.4 is 5.32 Å². The summed E-state index contributed by atoms with van der Waals surface area (Å²) in [6.07, 6.45) is 4.49. The summed E-state index contributed by atoms with van der Waals surface area (Å²) in [5, 5.41) is 2.68. The van der Waals surface area contributed by atoms with Crippen molar-refractivity contribution in [1.82, 2.24) is 15.0 Å². The van der Waals surface area contributed by atoms with Crippen molar-refractivity contribution in [3.63, 3.8) is 0 Å². The van der Waals surface area contributed by atoms with Crippen molar-refractivity contribution in [2.75, 3.05) is 5.32 Å². The number of amides is 1. The molecular formula is C27H18FN5O2. The van der Waals surface area contributed by atoms with Gasteiger partial charge in [0.1, 0.15) is 22.7 Å². The lowest BCUT2D eigenvalue weighted by Gasteiger charge is -2.02. The minimum absolute atomic E-state index is 0.0892. The van der Waals surface area contributed by atoms with Crippen LogP contribution in [0.15, 0.2) is 77.9 Å². The maximum absolute atomic E-state index is 13.3. The van der Waals surface area contributed by atoms with Gasteiger partial charge in [-0.05, 0) is 48.4 Å². The number of nitrogens with zero attached hydrogens (tertiary/aromatic N) is 3. The lowest BCUT2D eigenvalue weighted by molar-refractivity contribution is 0.0998. The third-order valence-electron chi connectivity index (χ3n) is 5.27. The van der Waals surface area contributed by atoms with E-state index in [1.165, 1.54) is 12.1 Å². The highest BCUT2D eigenvalue weighted by Crippen LogP contribution is 2.21. The number of pyridine rings is 1. The maximum atomic E-state index is 13.3. The molecule has 0 fully saturated rings. The monoisotopic (exact) mass is 463 g/mol. The summed E-state index contributed by atoms with van der Waals surface area (Å²) in [4.78, 5) is 41.5. The predicted molar refractivity (Wildman–Crippen MR) is 131 cm³/mol. The number of allylic oxidation sites excluding steroid dienone is 1. The molecule has 0 bridgehead atoms. The molecule has 4 aromatic rings. The molecule has 0 aliphatic carbocycles. The summed E-state index contributed by atoms with van der Waals surface area (Å²) in [5.74, 6) is 4.91.